The zero-order valence-corrected chi connectivity index (χ0v) is 26.3. The second kappa shape index (κ2) is 12.8. The number of hydrogen-bond acceptors (Lipinski definition) is 5. The molecular weight excluding hydrogens is 573 g/mol. The number of nitrogens with one attached hydrogen (secondary N) is 1. The molecule has 0 radical (unpaired) electrons. The molecule has 2 aromatic carbocycles. The van der Waals surface area contributed by atoms with E-state index in [0.29, 0.717) is 55.3 Å². The molecule has 0 aliphatic carbocycles. The first-order valence-corrected chi connectivity index (χ1v) is 14.7. The van der Waals surface area contributed by atoms with Crippen LogP contribution < -0.4 is 5.32 Å². The predicted molar refractivity (Wildman–Crippen MR) is 167 cm³/mol. The first-order chi connectivity index (χ1) is 20.1. The van der Waals surface area contributed by atoms with Gasteiger partial charge in [0.05, 0.1) is 10.6 Å². The van der Waals surface area contributed by atoms with E-state index in [9.17, 15) is 14.4 Å². The van der Waals surface area contributed by atoms with E-state index < -0.39 is 22.9 Å². The molecule has 2 aromatic rings. The van der Waals surface area contributed by atoms with Gasteiger partial charge in [-0.2, -0.15) is 0 Å². The molecular formula is C33H39ClFN3O5. The fourth-order valence-corrected chi connectivity index (χ4v) is 5.08. The molecule has 0 saturated carbocycles. The van der Waals surface area contributed by atoms with Gasteiger partial charge in [-0.15, -0.1) is 0 Å². The smallest absolute Gasteiger partial charge is 0.410 e. The third kappa shape index (κ3) is 8.60. The SMILES string of the molecule is CC(C)(C)OC(=O)N1CC=C(c2ccc(C(=O)Nc3ccc(C4=CCN(C(=O)OC(C)(C)C)CC4)c(Cl)c3)c(F)c2)CC1. The van der Waals surface area contributed by atoms with Crippen molar-refractivity contribution in [1.29, 1.82) is 0 Å². The summed E-state index contributed by atoms with van der Waals surface area (Å²) < 4.78 is 25.9. The van der Waals surface area contributed by atoms with Gasteiger partial charge in [0, 0.05) is 31.9 Å². The Bertz CT molecular complexity index is 1470. The Morgan fingerprint density at radius 3 is 1.84 bits per heavy atom. The third-order valence-electron chi connectivity index (χ3n) is 6.88. The molecule has 4 rings (SSSR count). The zero-order chi connectivity index (χ0) is 31.5. The summed E-state index contributed by atoms with van der Waals surface area (Å²) in [5.74, 6) is -1.23. The number of benzene rings is 2. The van der Waals surface area contributed by atoms with E-state index in [1.807, 2.05) is 59.8 Å². The number of carbonyl (C=O) groups excluding carboxylic acids is 3. The van der Waals surface area contributed by atoms with Gasteiger partial charge in [0.2, 0.25) is 0 Å². The Labute approximate surface area is 257 Å². The molecule has 0 atom stereocenters. The van der Waals surface area contributed by atoms with Crippen LogP contribution in [0.25, 0.3) is 11.1 Å². The van der Waals surface area contributed by atoms with E-state index in [1.54, 1.807) is 28.0 Å². The van der Waals surface area contributed by atoms with Crippen LogP contribution in [-0.4, -0.2) is 65.3 Å². The maximum atomic E-state index is 15.1. The van der Waals surface area contributed by atoms with Crippen molar-refractivity contribution in [2.45, 2.75) is 65.6 Å². The number of hydrogen-bond donors (Lipinski definition) is 1. The van der Waals surface area contributed by atoms with Crippen LogP contribution in [0.15, 0.2) is 48.6 Å². The van der Waals surface area contributed by atoms with Crippen molar-refractivity contribution >= 4 is 46.5 Å². The Hall–Kier alpha value is -3.85. The molecule has 8 nitrogen and oxygen atoms in total. The highest BCUT2D eigenvalue weighted by Gasteiger charge is 2.26. The van der Waals surface area contributed by atoms with Crippen LogP contribution in [0.5, 0.6) is 0 Å². The van der Waals surface area contributed by atoms with Crippen LogP contribution in [0.2, 0.25) is 5.02 Å². The minimum absolute atomic E-state index is 0.0898. The number of anilines is 1. The van der Waals surface area contributed by atoms with Gasteiger partial charge in [0.25, 0.3) is 5.91 Å². The molecule has 2 aliphatic heterocycles. The van der Waals surface area contributed by atoms with E-state index in [4.69, 9.17) is 21.1 Å². The van der Waals surface area contributed by atoms with Crippen molar-refractivity contribution in [2.24, 2.45) is 0 Å². The Balaban J connectivity index is 1.37. The average Bonchev–Trinajstić information content (AvgIpc) is 2.91. The Morgan fingerprint density at radius 2 is 1.37 bits per heavy atom. The number of ether oxygens (including phenoxy) is 2. The van der Waals surface area contributed by atoms with E-state index in [-0.39, 0.29) is 17.7 Å². The van der Waals surface area contributed by atoms with E-state index >= 15 is 4.39 Å². The number of rotatable bonds is 4. The molecule has 0 saturated heterocycles. The molecule has 3 amide bonds. The summed E-state index contributed by atoms with van der Waals surface area (Å²) in [6, 6.07) is 9.67. The quantitative estimate of drug-likeness (QED) is 0.381. The largest absolute Gasteiger partial charge is 0.444 e. The molecule has 43 heavy (non-hydrogen) atoms. The van der Waals surface area contributed by atoms with Gasteiger partial charge >= 0.3 is 12.2 Å². The minimum atomic E-state index is -0.643. The topological polar surface area (TPSA) is 88.2 Å². The highest BCUT2D eigenvalue weighted by molar-refractivity contribution is 6.32. The number of nitrogens with zero attached hydrogens (tertiary/aromatic N) is 2. The zero-order valence-electron chi connectivity index (χ0n) is 25.6. The van der Waals surface area contributed by atoms with E-state index in [1.165, 1.54) is 12.1 Å². The summed E-state index contributed by atoms with van der Waals surface area (Å²) in [5, 5.41) is 3.16. The minimum Gasteiger partial charge on any atom is -0.444 e. The molecule has 0 bridgehead atoms. The van der Waals surface area contributed by atoms with Crippen LogP contribution in [-0.2, 0) is 9.47 Å². The second-order valence-electron chi connectivity index (χ2n) is 12.7. The lowest BCUT2D eigenvalue weighted by atomic mass is 9.98. The fraction of sp³-hybridized carbons (Fsp3) is 0.424. The monoisotopic (exact) mass is 611 g/mol. The normalized spacial score (nSPS) is 15.8. The van der Waals surface area contributed by atoms with Gasteiger partial charge in [-0.05, 0) is 101 Å². The lowest BCUT2D eigenvalue weighted by Gasteiger charge is -2.29. The number of halogens is 2. The van der Waals surface area contributed by atoms with Gasteiger partial charge in [-0.3, -0.25) is 4.79 Å². The van der Waals surface area contributed by atoms with Crippen LogP contribution in [0.3, 0.4) is 0 Å². The van der Waals surface area contributed by atoms with Crippen LogP contribution in [0, 0.1) is 5.82 Å². The maximum Gasteiger partial charge on any atom is 0.410 e. The van der Waals surface area contributed by atoms with Crippen LogP contribution in [0.1, 0.15) is 75.9 Å². The lowest BCUT2D eigenvalue weighted by Crippen LogP contribution is -2.39. The standard InChI is InChI=1S/C33H39ClFN3O5/c1-32(2,3)42-30(40)37-15-11-21(12-16-37)23-7-9-26(28(35)19-23)29(39)36-24-8-10-25(27(34)20-24)22-13-17-38(18-14-22)31(41)43-33(4,5)6/h7-11,13,19-20H,12,14-18H2,1-6H3,(H,36,39). The molecule has 0 fully saturated rings. The van der Waals surface area contributed by atoms with Gasteiger partial charge < -0.3 is 24.6 Å². The second-order valence-corrected chi connectivity index (χ2v) is 13.1. The molecule has 2 aliphatic rings. The van der Waals surface area contributed by atoms with Gasteiger partial charge in [-0.1, -0.05) is 35.9 Å². The van der Waals surface area contributed by atoms with Gasteiger partial charge in [-0.25, -0.2) is 14.0 Å². The van der Waals surface area contributed by atoms with Gasteiger partial charge in [0.1, 0.15) is 17.0 Å². The summed E-state index contributed by atoms with van der Waals surface area (Å²) in [6.45, 7) is 12.7. The average molecular weight is 612 g/mol. The first-order valence-electron chi connectivity index (χ1n) is 14.3. The predicted octanol–water partition coefficient (Wildman–Crippen LogP) is 7.78. The van der Waals surface area contributed by atoms with Crippen molar-refractivity contribution in [3.63, 3.8) is 0 Å². The van der Waals surface area contributed by atoms with Crippen molar-refractivity contribution in [1.82, 2.24) is 9.80 Å². The van der Waals surface area contributed by atoms with Crippen molar-refractivity contribution in [2.75, 3.05) is 31.5 Å². The Morgan fingerprint density at radius 1 is 0.814 bits per heavy atom. The summed E-state index contributed by atoms with van der Waals surface area (Å²) in [4.78, 5) is 40.8. The highest BCUT2D eigenvalue weighted by Crippen LogP contribution is 2.32. The van der Waals surface area contributed by atoms with E-state index in [2.05, 4.69) is 5.32 Å². The van der Waals surface area contributed by atoms with Crippen molar-refractivity contribution in [3.05, 3.63) is 76.1 Å². The summed E-state index contributed by atoms with van der Waals surface area (Å²) in [5.41, 5.74) is 2.58. The summed E-state index contributed by atoms with van der Waals surface area (Å²) in [7, 11) is 0. The van der Waals surface area contributed by atoms with Crippen molar-refractivity contribution in [3.8, 4) is 0 Å². The lowest BCUT2D eigenvalue weighted by molar-refractivity contribution is 0.0260. The molecule has 0 aromatic heterocycles. The molecule has 230 valence electrons. The fourth-order valence-electron chi connectivity index (χ4n) is 4.78. The summed E-state index contributed by atoms with van der Waals surface area (Å²) >= 11 is 6.57. The third-order valence-corrected chi connectivity index (χ3v) is 7.19. The number of amides is 3. The first kappa shape index (κ1) is 32.1. The van der Waals surface area contributed by atoms with Crippen molar-refractivity contribution < 1.29 is 28.2 Å². The maximum absolute atomic E-state index is 15.1. The highest BCUT2D eigenvalue weighted by atomic mass is 35.5. The van der Waals surface area contributed by atoms with E-state index in [0.717, 1.165) is 16.7 Å². The Kier molecular flexibility index (Phi) is 9.54. The van der Waals surface area contributed by atoms with Gasteiger partial charge in [0.15, 0.2) is 0 Å². The van der Waals surface area contributed by atoms with Crippen LogP contribution in [0.4, 0.5) is 19.7 Å². The summed E-state index contributed by atoms with van der Waals surface area (Å²) in [6.07, 6.45) is 4.24. The molecule has 0 unspecified atom stereocenters. The van der Waals surface area contributed by atoms with Crippen LogP contribution >= 0.6 is 11.6 Å². The molecule has 1 N–H and O–H groups in total. The number of carbonyl (C=O) groups is 3. The molecule has 0 spiro atoms. The molecule has 2 heterocycles. The molecule has 10 heteroatoms.